The predicted molar refractivity (Wildman–Crippen MR) is 129 cm³/mol. The van der Waals surface area contributed by atoms with E-state index in [2.05, 4.69) is 19.7 Å². The van der Waals surface area contributed by atoms with Crippen molar-refractivity contribution in [2.45, 2.75) is 84.3 Å². The Morgan fingerprint density at radius 2 is 1.91 bits per heavy atom. The lowest BCUT2D eigenvalue weighted by Crippen LogP contribution is -2.37. The van der Waals surface area contributed by atoms with Crippen molar-refractivity contribution in [2.24, 2.45) is 4.74 Å². The molecule has 2 aromatic rings. The fourth-order valence-electron chi connectivity index (χ4n) is 2.94. The Balaban J connectivity index is 2.18. The van der Waals surface area contributed by atoms with Gasteiger partial charge in [0.25, 0.3) is 5.66 Å². The summed E-state index contributed by atoms with van der Waals surface area (Å²) >= 11 is 0. The van der Waals surface area contributed by atoms with Gasteiger partial charge in [-0.25, -0.2) is 24.5 Å². The van der Waals surface area contributed by atoms with E-state index in [1.807, 2.05) is 6.92 Å². The van der Waals surface area contributed by atoms with Crippen LogP contribution in [0.3, 0.4) is 0 Å². The number of aromatic nitrogens is 4. The first kappa shape index (κ1) is 28.5. The van der Waals surface area contributed by atoms with Gasteiger partial charge in [-0.2, -0.15) is 0 Å². The molecule has 12 nitrogen and oxygen atoms in total. The lowest BCUT2D eigenvalue weighted by atomic mass is 10.1. The van der Waals surface area contributed by atoms with Crippen LogP contribution in [0, 0.1) is 0 Å². The quantitative estimate of drug-likeness (QED) is 0.349. The van der Waals surface area contributed by atoms with E-state index in [9.17, 15) is 14.5 Å². The van der Waals surface area contributed by atoms with Crippen molar-refractivity contribution in [3.63, 3.8) is 0 Å². The van der Waals surface area contributed by atoms with Gasteiger partial charge in [0.1, 0.15) is 24.1 Å². The van der Waals surface area contributed by atoms with Gasteiger partial charge in [-0.05, 0) is 48.0 Å². The molecule has 3 atom stereocenters. The van der Waals surface area contributed by atoms with Crippen LogP contribution in [-0.2, 0) is 30.3 Å². The number of nitrogens with zero attached hydrogens (tertiary/aromatic N) is 5. The van der Waals surface area contributed by atoms with Gasteiger partial charge < -0.3 is 29.4 Å². The molecular weight excluding hydrogens is 475 g/mol. The van der Waals surface area contributed by atoms with Gasteiger partial charge >= 0.3 is 11.9 Å². The van der Waals surface area contributed by atoms with Gasteiger partial charge in [-0.1, -0.05) is 11.7 Å². The Morgan fingerprint density at radius 1 is 1.23 bits per heavy atom. The van der Waals surface area contributed by atoms with E-state index in [1.54, 1.807) is 38.6 Å². The van der Waals surface area contributed by atoms with Gasteiger partial charge in [0.2, 0.25) is 0 Å². The van der Waals surface area contributed by atoms with Crippen LogP contribution < -0.4 is 10.6 Å². The summed E-state index contributed by atoms with van der Waals surface area (Å²) in [4.78, 5) is 50.7. The predicted octanol–water partition coefficient (Wildman–Crippen LogP) is 2.20. The first-order valence-electron chi connectivity index (χ1n) is 11.4. The number of rotatable bonds is 11. The molecule has 0 aliphatic heterocycles. The molecule has 0 radical (unpaired) electrons. The van der Waals surface area contributed by atoms with E-state index in [4.69, 9.17) is 19.9 Å². The SMILES string of the molecule is CCCOC(=O)C(C)(C)/N=[P+](\[O-])C(COC(C)Cn1cnc2c(N)ncnc21)C(=O)OC(C)(C)C. The summed E-state index contributed by atoms with van der Waals surface area (Å²) in [6.07, 6.45) is 3.14. The number of nitrogens with two attached hydrogens (primary N) is 1. The number of fused-ring (bicyclic) bond motifs is 1. The molecule has 194 valence electrons. The van der Waals surface area contributed by atoms with Crippen molar-refractivity contribution < 1.29 is 28.7 Å². The molecule has 0 aliphatic rings. The third-order valence-electron chi connectivity index (χ3n) is 4.65. The van der Waals surface area contributed by atoms with Crippen LogP contribution in [0.2, 0.25) is 0 Å². The van der Waals surface area contributed by atoms with Gasteiger partial charge in [0, 0.05) is 0 Å². The normalized spacial score (nSPS) is 14.6. The molecule has 13 heteroatoms. The molecule has 35 heavy (non-hydrogen) atoms. The number of carbonyl (C=O) groups excluding carboxylic acids is 2. The number of hydrogen-bond acceptors (Lipinski definition) is 11. The van der Waals surface area contributed by atoms with E-state index in [0.717, 1.165) is 0 Å². The Morgan fingerprint density at radius 3 is 2.54 bits per heavy atom. The van der Waals surface area contributed by atoms with Gasteiger partial charge in [-0.15, -0.1) is 0 Å². The Hall–Kier alpha value is -2.69. The molecular formula is C22H35N6O6P. The number of ether oxygens (including phenoxy) is 3. The number of imidazole rings is 1. The fraction of sp³-hybridized carbons (Fsp3) is 0.682. The third-order valence-corrected chi connectivity index (χ3v) is 6.24. The summed E-state index contributed by atoms with van der Waals surface area (Å²) in [5.74, 6) is -1.07. The maximum atomic E-state index is 13.2. The summed E-state index contributed by atoms with van der Waals surface area (Å²) in [5, 5.41) is 0. The summed E-state index contributed by atoms with van der Waals surface area (Å²) in [6, 6.07) is 0. The number of hydrogen-bond donors (Lipinski definition) is 1. The van der Waals surface area contributed by atoms with E-state index in [0.29, 0.717) is 24.1 Å². The van der Waals surface area contributed by atoms with Crippen LogP contribution in [0.4, 0.5) is 5.82 Å². The minimum absolute atomic E-state index is 0.224. The van der Waals surface area contributed by atoms with Crippen molar-refractivity contribution >= 4 is 36.9 Å². The van der Waals surface area contributed by atoms with Gasteiger partial charge in [-0.3, -0.25) is 0 Å². The second-order valence-electron chi connectivity index (χ2n) is 9.62. The van der Waals surface area contributed by atoms with Gasteiger partial charge in [0.05, 0.1) is 25.6 Å². The fourth-order valence-corrected chi connectivity index (χ4v) is 4.10. The maximum absolute atomic E-state index is 13.2. The lowest BCUT2D eigenvalue weighted by molar-refractivity contribution is -0.170. The lowest BCUT2D eigenvalue weighted by Gasteiger charge is -2.23. The topological polar surface area (TPSA) is 167 Å². The summed E-state index contributed by atoms with van der Waals surface area (Å²) < 4.78 is 22.3. The highest BCUT2D eigenvalue weighted by atomic mass is 31.1. The molecule has 2 N–H and O–H groups in total. The number of esters is 2. The first-order valence-corrected chi connectivity index (χ1v) is 12.7. The minimum atomic E-state index is -2.57. The maximum Gasteiger partial charge on any atom is 0.359 e. The van der Waals surface area contributed by atoms with E-state index < -0.39 is 42.8 Å². The monoisotopic (exact) mass is 510 g/mol. The highest BCUT2D eigenvalue weighted by Gasteiger charge is 2.39. The molecule has 2 heterocycles. The summed E-state index contributed by atoms with van der Waals surface area (Å²) in [6.45, 7) is 12.1. The zero-order valence-corrected chi connectivity index (χ0v) is 22.2. The smallest absolute Gasteiger partial charge is 0.359 e. The number of nitrogen functional groups attached to an aromatic ring is 1. The molecule has 0 saturated heterocycles. The average molecular weight is 511 g/mol. The zero-order valence-electron chi connectivity index (χ0n) is 21.3. The molecule has 2 aromatic heterocycles. The second-order valence-corrected chi connectivity index (χ2v) is 11.0. The molecule has 0 bridgehead atoms. The molecule has 0 saturated carbocycles. The van der Waals surface area contributed by atoms with Gasteiger partial charge in [0.15, 0.2) is 24.9 Å². The van der Waals surface area contributed by atoms with E-state index >= 15 is 0 Å². The van der Waals surface area contributed by atoms with Crippen molar-refractivity contribution in [2.75, 3.05) is 18.9 Å². The summed E-state index contributed by atoms with van der Waals surface area (Å²) in [7, 11) is -2.57. The van der Waals surface area contributed by atoms with Crippen LogP contribution in [0.5, 0.6) is 0 Å². The first-order chi connectivity index (χ1) is 16.2. The molecule has 0 amide bonds. The third kappa shape index (κ3) is 8.19. The molecule has 0 spiro atoms. The van der Waals surface area contributed by atoms with E-state index in [1.165, 1.54) is 20.2 Å². The zero-order chi connectivity index (χ0) is 26.4. The number of anilines is 1. The molecule has 0 fully saturated rings. The summed E-state index contributed by atoms with van der Waals surface area (Å²) in [5.41, 5.74) is 3.44. The van der Waals surface area contributed by atoms with Crippen LogP contribution in [-0.4, -0.2) is 67.6 Å². The van der Waals surface area contributed by atoms with E-state index in [-0.39, 0.29) is 19.0 Å². The average Bonchev–Trinajstić information content (AvgIpc) is 3.14. The highest BCUT2D eigenvalue weighted by molar-refractivity contribution is 7.41. The van der Waals surface area contributed by atoms with Crippen LogP contribution >= 0.6 is 7.94 Å². The molecule has 0 aliphatic carbocycles. The van der Waals surface area contributed by atoms with Crippen molar-refractivity contribution in [1.82, 2.24) is 19.5 Å². The van der Waals surface area contributed by atoms with Crippen molar-refractivity contribution in [3.8, 4) is 0 Å². The van der Waals surface area contributed by atoms with Crippen LogP contribution in [0.25, 0.3) is 11.2 Å². The Bertz CT molecular complexity index is 1060. The molecule has 2 rings (SSSR count). The van der Waals surface area contributed by atoms with Crippen LogP contribution in [0.1, 0.15) is 54.9 Å². The Labute approximate surface area is 206 Å². The van der Waals surface area contributed by atoms with Crippen molar-refractivity contribution in [1.29, 1.82) is 0 Å². The Kier molecular flexibility index (Phi) is 9.65. The minimum Gasteiger partial charge on any atom is -0.611 e. The molecule has 3 unspecified atom stereocenters. The highest BCUT2D eigenvalue weighted by Crippen LogP contribution is 2.31. The van der Waals surface area contributed by atoms with Crippen LogP contribution in [0.15, 0.2) is 17.4 Å². The molecule has 0 aromatic carbocycles. The number of carbonyl (C=O) groups is 2. The standard InChI is InChI=1S/C22H35N6O6P/c1-8-9-32-20(30)22(6,7)27-35(31)15(19(29)34-21(3,4)5)11-33-14(2)10-28-13-26-16-17(23)24-12-25-18(16)28/h12-15H,8-11H2,1-7H3,(H2,23,24,25). The van der Waals surface area contributed by atoms with Crippen molar-refractivity contribution in [3.05, 3.63) is 12.7 Å². The second kappa shape index (κ2) is 11.8. The largest absolute Gasteiger partial charge is 0.611 e.